The van der Waals surface area contributed by atoms with Crippen LogP contribution in [0.15, 0.2) is 0 Å². The first-order valence-electron chi connectivity index (χ1n) is 9.49. The summed E-state index contributed by atoms with van der Waals surface area (Å²) in [5.74, 6) is -2.81. The first-order valence-corrected chi connectivity index (χ1v) is 9.49. The third-order valence-corrected chi connectivity index (χ3v) is 4.10. The van der Waals surface area contributed by atoms with Crippen molar-refractivity contribution in [3.63, 3.8) is 0 Å². The second-order valence-electron chi connectivity index (χ2n) is 6.52. The SMILES string of the molecule is CC(NC(=O)CN)C(=O)NC(CCCCN)C(=O)NC(CCCCN)C(=O)O. The summed E-state index contributed by atoms with van der Waals surface area (Å²) < 4.78 is 0. The molecule has 0 aliphatic heterocycles. The number of carboxylic acids is 1. The first kappa shape index (κ1) is 25.8. The van der Waals surface area contributed by atoms with E-state index >= 15 is 0 Å². The van der Waals surface area contributed by atoms with E-state index in [9.17, 15) is 24.3 Å². The van der Waals surface area contributed by atoms with Crippen LogP contribution in [-0.2, 0) is 19.2 Å². The maximum Gasteiger partial charge on any atom is 0.326 e. The Hall–Kier alpha value is -2.24. The summed E-state index contributed by atoms with van der Waals surface area (Å²) >= 11 is 0. The molecule has 3 amide bonds. The minimum absolute atomic E-state index is 0.241. The Balaban J connectivity index is 4.98. The second-order valence-corrected chi connectivity index (χ2v) is 6.52. The highest BCUT2D eigenvalue weighted by molar-refractivity contribution is 5.93. The number of hydrogen-bond acceptors (Lipinski definition) is 7. The molecule has 162 valence electrons. The van der Waals surface area contributed by atoms with Gasteiger partial charge in [-0.3, -0.25) is 14.4 Å². The lowest BCUT2D eigenvalue weighted by atomic mass is 10.1. The summed E-state index contributed by atoms with van der Waals surface area (Å²) in [5.41, 5.74) is 16.1. The minimum Gasteiger partial charge on any atom is -0.480 e. The molecule has 0 aromatic carbocycles. The zero-order valence-electron chi connectivity index (χ0n) is 16.4. The molecule has 0 aromatic rings. The summed E-state index contributed by atoms with van der Waals surface area (Å²) in [6.45, 7) is 2.07. The van der Waals surface area contributed by atoms with Gasteiger partial charge in [-0.05, 0) is 58.5 Å². The summed E-state index contributed by atoms with van der Waals surface area (Å²) in [4.78, 5) is 47.5. The lowest BCUT2D eigenvalue weighted by Crippen LogP contribution is -2.55. The summed E-state index contributed by atoms with van der Waals surface area (Å²) in [6.07, 6.45) is 2.96. The normalized spacial score (nSPS) is 13.9. The van der Waals surface area contributed by atoms with Crippen molar-refractivity contribution in [2.45, 2.75) is 63.6 Å². The van der Waals surface area contributed by atoms with Crippen molar-refractivity contribution < 1.29 is 24.3 Å². The van der Waals surface area contributed by atoms with Crippen molar-refractivity contribution in [2.24, 2.45) is 17.2 Å². The predicted octanol–water partition coefficient (Wildman–Crippen LogP) is -2.24. The second kappa shape index (κ2) is 14.8. The van der Waals surface area contributed by atoms with E-state index in [0.29, 0.717) is 45.2 Å². The molecule has 3 unspecified atom stereocenters. The molecule has 0 radical (unpaired) electrons. The van der Waals surface area contributed by atoms with E-state index in [0.717, 1.165) is 0 Å². The highest BCUT2D eigenvalue weighted by Crippen LogP contribution is 2.05. The van der Waals surface area contributed by atoms with E-state index in [1.54, 1.807) is 0 Å². The Kier molecular flexibility index (Phi) is 13.6. The maximum absolute atomic E-state index is 12.6. The highest BCUT2D eigenvalue weighted by Gasteiger charge is 2.27. The largest absolute Gasteiger partial charge is 0.480 e. The van der Waals surface area contributed by atoms with Crippen LogP contribution in [-0.4, -0.2) is 66.6 Å². The number of nitrogens with one attached hydrogen (secondary N) is 3. The van der Waals surface area contributed by atoms with Crippen LogP contribution in [0, 0.1) is 0 Å². The molecular formula is C17H34N6O5. The van der Waals surface area contributed by atoms with Crippen LogP contribution in [0.3, 0.4) is 0 Å². The van der Waals surface area contributed by atoms with Gasteiger partial charge in [0.05, 0.1) is 6.54 Å². The van der Waals surface area contributed by atoms with E-state index in [2.05, 4.69) is 16.0 Å². The van der Waals surface area contributed by atoms with Gasteiger partial charge >= 0.3 is 5.97 Å². The Labute approximate surface area is 165 Å². The Morgan fingerprint density at radius 2 is 1.29 bits per heavy atom. The van der Waals surface area contributed by atoms with Crippen molar-refractivity contribution in [2.75, 3.05) is 19.6 Å². The number of carboxylic acid groups (broad SMARTS) is 1. The Morgan fingerprint density at radius 1 is 0.786 bits per heavy atom. The van der Waals surface area contributed by atoms with Gasteiger partial charge in [0.15, 0.2) is 0 Å². The standard InChI is InChI=1S/C17H34N6O5/c1-11(21-14(24)10-20)15(25)22-12(6-2-4-8-18)16(26)23-13(17(27)28)7-3-5-9-19/h11-13H,2-10,18-20H2,1H3,(H,21,24)(H,22,25)(H,23,26)(H,27,28). The number of carbonyl (C=O) groups excluding carboxylic acids is 3. The fraction of sp³-hybridized carbons (Fsp3) is 0.765. The zero-order valence-corrected chi connectivity index (χ0v) is 16.4. The van der Waals surface area contributed by atoms with Crippen molar-refractivity contribution in [3.05, 3.63) is 0 Å². The summed E-state index contributed by atoms with van der Waals surface area (Å²) in [7, 11) is 0. The fourth-order valence-corrected chi connectivity index (χ4v) is 2.45. The van der Waals surface area contributed by atoms with Crippen LogP contribution in [0.25, 0.3) is 0 Å². The van der Waals surface area contributed by atoms with Crippen LogP contribution in [0.5, 0.6) is 0 Å². The molecule has 3 atom stereocenters. The molecule has 0 saturated heterocycles. The molecule has 10 N–H and O–H groups in total. The number of rotatable bonds is 15. The zero-order chi connectivity index (χ0) is 21.5. The molecular weight excluding hydrogens is 368 g/mol. The molecule has 28 heavy (non-hydrogen) atoms. The summed E-state index contributed by atoms with van der Waals surface area (Å²) in [5, 5.41) is 16.7. The average Bonchev–Trinajstić information content (AvgIpc) is 2.65. The number of amides is 3. The number of hydrogen-bond donors (Lipinski definition) is 7. The molecule has 0 heterocycles. The molecule has 0 bridgehead atoms. The maximum atomic E-state index is 12.6. The number of carbonyl (C=O) groups is 4. The smallest absolute Gasteiger partial charge is 0.326 e. The molecule has 0 spiro atoms. The van der Waals surface area contributed by atoms with Gasteiger partial charge in [-0.15, -0.1) is 0 Å². The first-order chi connectivity index (χ1) is 13.3. The van der Waals surface area contributed by atoms with Crippen LogP contribution in [0.2, 0.25) is 0 Å². The van der Waals surface area contributed by atoms with E-state index in [4.69, 9.17) is 17.2 Å². The van der Waals surface area contributed by atoms with Crippen molar-refractivity contribution in [1.82, 2.24) is 16.0 Å². The van der Waals surface area contributed by atoms with E-state index in [1.807, 2.05) is 0 Å². The van der Waals surface area contributed by atoms with Crippen molar-refractivity contribution >= 4 is 23.7 Å². The number of unbranched alkanes of at least 4 members (excludes halogenated alkanes) is 2. The predicted molar refractivity (Wildman–Crippen MR) is 104 cm³/mol. The van der Waals surface area contributed by atoms with Gasteiger partial charge in [0.25, 0.3) is 0 Å². The van der Waals surface area contributed by atoms with Gasteiger partial charge in [0.1, 0.15) is 18.1 Å². The van der Waals surface area contributed by atoms with E-state index < -0.39 is 41.8 Å². The monoisotopic (exact) mass is 402 g/mol. The molecule has 0 aromatic heterocycles. The van der Waals surface area contributed by atoms with Gasteiger partial charge in [0, 0.05) is 0 Å². The van der Waals surface area contributed by atoms with Gasteiger partial charge < -0.3 is 38.3 Å². The molecule has 0 rings (SSSR count). The molecule has 0 aliphatic carbocycles. The molecule has 11 heteroatoms. The van der Waals surface area contributed by atoms with E-state index in [1.165, 1.54) is 6.92 Å². The third-order valence-electron chi connectivity index (χ3n) is 4.10. The van der Waals surface area contributed by atoms with Crippen LogP contribution in [0.4, 0.5) is 0 Å². The molecule has 11 nitrogen and oxygen atoms in total. The quantitative estimate of drug-likeness (QED) is 0.149. The lowest BCUT2D eigenvalue weighted by molar-refractivity contribution is -0.142. The van der Waals surface area contributed by atoms with Crippen LogP contribution in [0.1, 0.15) is 45.4 Å². The topological polar surface area (TPSA) is 203 Å². The van der Waals surface area contributed by atoms with Crippen LogP contribution >= 0.6 is 0 Å². The van der Waals surface area contributed by atoms with Crippen molar-refractivity contribution in [1.29, 1.82) is 0 Å². The van der Waals surface area contributed by atoms with Gasteiger partial charge in [-0.25, -0.2) is 4.79 Å². The van der Waals surface area contributed by atoms with Gasteiger partial charge in [0.2, 0.25) is 17.7 Å². The van der Waals surface area contributed by atoms with Crippen molar-refractivity contribution in [3.8, 4) is 0 Å². The number of aliphatic carboxylic acids is 1. The van der Waals surface area contributed by atoms with E-state index in [-0.39, 0.29) is 13.0 Å². The van der Waals surface area contributed by atoms with Gasteiger partial charge in [-0.2, -0.15) is 0 Å². The molecule has 0 fully saturated rings. The van der Waals surface area contributed by atoms with Crippen LogP contribution < -0.4 is 33.2 Å². The summed E-state index contributed by atoms with van der Waals surface area (Å²) in [6, 6.07) is -2.89. The fourth-order valence-electron chi connectivity index (χ4n) is 2.45. The lowest BCUT2D eigenvalue weighted by Gasteiger charge is -2.23. The third kappa shape index (κ3) is 10.8. The van der Waals surface area contributed by atoms with Gasteiger partial charge in [-0.1, -0.05) is 0 Å². The Bertz CT molecular complexity index is 516. The highest BCUT2D eigenvalue weighted by atomic mass is 16.4. The molecule has 0 saturated carbocycles. The average molecular weight is 402 g/mol. The Morgan fingerprint density at radius 3 is 1.75 bits per heavy atom. The molecule has 0 aliphatic rings. The number of nitrogens with two attached hydrogens (primary N) is 3. The minimum atomic E-state index is -1.15.